The molecule has 2 aliphatic heterocycles. The van der Waals surface area contributed by atoms with Gasteiger partial charge >= 0.3 is 0 Å². The Labute approximate surface area is 190 Å². The van der Waals surface area contributed by atoms with Gasteiger partial charge in [0, 0.05) is 58.1 Å². The summed E-state index contributed by atoms with van der Waals surface area (Å²) in [5.74, 6) is 0.187. The van der Waals surface area contributed by atoms with Gasteiger partial charge < -0.3 is 15.1 Å². The number of benzene rings is 1. The van der Waals surface area contributed by atoms with E-state index in [1.54, 1.807) is 6.92 Å². The largest absolute Gasteiger partial charge is 0.336 e. The summed E-state index contributed by atoms with van der Waals surface area (Å²) in [7, 11) is 0. The van der Waals surface area contributed by atoms with Crippen LogP contribution in [0.15, 0.2) is 48.7 Å². The molecule has 1 aromatic heterocycles. The fraction of sp³-hybridized carbons (Fsp3) is 0.480. The fourth-order valence-electron chi connectivity index (χ4n) is 4.65. The SMILES string of the molecule is CC(=O)N1CCCN(Cc2ccccn2)CCN(C(=O)[C@@H]2CCCN2)Cc2ccccc21. The van der Waals surface area contributed by atoms with Gasteiger partial charge in [0.25, 0.3) is 0 Å². The number of hydrogen-bond acceptors (Lipinski definition) is 5. The first kappa shape index (κ1) is 22.4. The van der Waals surface area contributed by atoms with Crippen LogP contribution in [0.25, 0.3) is 0 Å². The van der Waals surface area contributed by atoms with E-state index < -0.39 is 0 Å². The lowest BCUT2D eigenvalue weighted by Gasteiger charge is -2.29. The molecule has 1 saturated heterocycles. The van der Waals surface area contributed by atoms with E-state index in [0.717, 1.165) is 62.4 Å². The molecule has 170 valence electrons. The predicted molar refractivity (Wildman–Crippen MR) is 125 cm³/mol. The monoisotopic (exact) mass is 435 g/mol. The van der Waals surface area contributed by atoms with Gasteiger partial charge in [-0.15, -0.1) is 0 Å². The van der Waals surface area contributed by atoms with Crippen LogP contribution in [0.5, 0.6) is 0 Å². The van der Waals surface area contributed by atoms with Crippen molar-refractivity contribution in [2.75, 3.05) is 37.6 Å². The van der Waals surface area contributed by atoms with Crippen LogP contribution < -0.4 is 10.2 Å². The smallest absolute Gasteiger partial charge is 0.240 e. The van der Waals surface area contributed by atoms with Crippen molar-refractivity contribution in [2.24, 2.45) is 0 Å². The van der Waals surface area contributed by atoms with Crippen molar-refractivity contribution in [1.82, 2.24) is 20.1 Å². The van der Waals surface area contributed by atoms with Gasteiger partial charge in [-0.25, -0.2) is 0 Å². The Hall–Kier alpha value is -2.77. The molecule has 1 atom stereocenters. The molecule has 2 aliphatic rings. The Balaban J connectivity index is 1.61. The van der Waals surface area contributed by atoms with E-state index >= 15 is 0 Å². The molecule has 32 heavy (non-hydrogen) atoms. The van der Waals surface area contributed by atoms with Gasteiger partial charge in [0.05, 0.1) is 11.7 Å². The van der Waals surface area contributed by atoms with Crippen LogP contribution in [0, 0.1) is 0 Å². The molecule has 0 radical (unpaired) electrons. The number of fused-ring (bicyclic) bond motifs is 1. The first-order chi connectivity index (χ1) is 15.6. The molecule has 2 aromatic rings. The van der Waals surface area contributed by atoms with Gasteiger partial charge in [0.1, 0.15) is 0 Å². The number of pyridine rings is 1. The van der Waals surface area contributed by atoms with Crippen LogP contribution in [0.4, 0.5) is 5.69 Å². The third kappa shape index (κ3) is 5.53. The summed E-state index contributed by atoms with van der Waals surface area (Å²) in [6, 6.07) is 13.8. The highest BCUT2D eigenvalue weighted by atomic mass is 16.2. The van der Waals surface area contributed by atoms with Crippen LogP contribution in [0.1, 0.15) is 37.4 Å². The standard InChI is InChI=1S/C25H33N5O2/c1-20(31)30-15-7-14-28(19-22-9-4-5-12-26-22)16-17-29(25(32)23-10-6-13-27-23)18-21-8-2-3-11-24(21)30/h2-5,8-9,11-12,23,27H,6-7,10,13-19H2,1H3/t23-/m0/s1. The molecule has 1 N–H and O–H groups in total. The second-order valence-corrected chi connectivity index (χ2v) is 8.66. The quantitative estimate of drug-likeness (QED) is 0.802. The van der Waals surface area contributed by atoms with Crippen molar-refractivity contribution in [3.63, 3.8) is 0 Å². The molecular weight excluding hydrogens is 402 g/mol. The van der Waals surface area contributed by atoms with E-state index in [2.05, 4.69) is 15.2 Å². The first-order valence-corrected chi connectivity index (χ1v) is 11.6. The molecule has 3 heterocycles. The number of carbonyl (C=O) groups is 2. The van der Waals surface area contributed by atoms with Gasteiger partial charge in [0.2, 0.25) is 11.8 Å². The van der Waals surface area contributed by atoms with Crippen LogP contribution >= 0.6 is 0 Å². The lowest BCUT2D eigenvalue weighted by Crippen LogP contribution is -2.46. The Morgan fingerprint density at radius 1 is 1.03 bits per heavy atom. The van der Waals surface area contributed by atoms with Gasteiger partial charge in [-0.1, -0.05) is 24.3 Å². The zero-order chi connectivity index (χ0) is 22.3. The third-order valence-corrected chi connectivity index (χ3v) is 6.35. The zero-order valence-corrected chi connectivity index (χ0v) is 18.9. The van der Waals surface area contributed by atoms with Crippen LogP contribution in [-0.2, 0) is 22.7 Å². The number of anilines is 1. The maximum Gasteiger partial charge on any atom is 0.240 e. The van der Waals surface area contributed by atoms with Crippen molar-refractivity contribution < 1.29 is 9.59 Å². The van der Waals surface area contributed by atoms with Crippen molar-refractivity contribution >= 4 is 17.5 Å². The fourth-order valence-corrected chi connectivity index (χ4v) is 4.65. The highest BCUT2D eigenvalue weighted by molar-refractivity contribution is 5.92. The summed E-state index contributed by atoms with van der Waals surface area (Å²) < 4.78 is 0. The summed E-state index contributed by atoms with van der Waals surface area (Å²) in [6.45, 7) is 6.68. The van der Waals surface area contributed by atoms with Crippen LogP contribution in [0.3, 0.4) is 0 Å². The number of aromatic nitrogens is 1. The van der Waals surface area contributed by atoms with Crippen LogP contribution in [-0.4, -0.2) is 65.4 Å². The van der Waals surface area contributed by atoms with Crippen molar-refractivity contribution in [1.29, 1.82) is 0 Å². The molecule has 7 nitrogen and oxygen atoms in total. The van der Waals surface area contributed by atoms with E-state index in [1.807, 2.05) is 58.5 Å². The van der Waals surface area contributed by atoms with E-state index in [0.29, 0.717) is 19.6 Å². The minimum atomic E-state index is -0.111. The van der Waals surface area contributed by atoms with Gasteiger partial charge in [-0.05, 0) is 49.6 Å². The lowest BCUT2D eigenvalue weighted by molar-refractivity contribution is -0.134. The lowest BCUT2D eigenvalue weighted by atomic mass is 10.1. The molecule has 0 bridgehead atoms. The summed E-state index contributed by atoms with van der Waals surface area (Å²) in [4.78, 5) is 36.6. The van der Waals surface area contributed by atoms with Gasteiger partial charge in [0.15, 0.2) is 0 Å². The molecular formula is C25H33N5O2. The number of amides is 2. The highest BCUT2D eigenvalue weighted by Gasteiger charge is 2.28. The topological polar surface area (TPSA) is 68.8 Å². The van der Waals surface area contributed by atoms with Crippen molar-refractivity contribution in [2.45, 2.75) is 45.3 Å². The van der Waals surface area contributed by atoms with E-state index in [4.69, 9.17) is 0 Å². The summed E-state index contributed by atoms with van der Waals surface area (Å²) >= 11 is 0. The molecule has 7 heteroatoms. The maximum atomic E-state index is 13.4. The van der Waals surface area contributed by atoms with Gasteiger partial charge in [-0.3, -0.25) is 19.5 Å². The van der Waals surface area contributed by atoms with Crippen molar-refractivity contribution in [3.05, 3.63) is 59.9 Å². The zero-order valence-electron chi connectivity index (χ0n) is 18.9. The van der Waals surface area contributed by atoms with Crippen LogP contribution in [0.2, 0.25) is 0 Å². The Bertz CT molecular complexity index is 914. The minimum absolute atomic E-state index is 0.0308. The molecule has 0 aliphatic carbocycles. The molecule has 0 unspecified atom stereocenters. The Morgan fingerprint density at radius 3 is 2.62 bits per heavy atom. The molecule has 1 aromatic carbocycles. The third-order valence-electron chi connectivity index (χ3n) is 6.35. The number of hydrogen-bond donors (Lipinski definition) is 1. The second kappa shape index (κ2) is 10.7. The maximum absolute atomic E-state index is 13.4. The second-order valence-electron chi connectivity index (χ2n) is 8.66. The highest BCUT2D eigenvalue weighted by Crippen LogP contribution is 2.24. The van der Waals surface area contributed by atoms with E-state index in [9.17, 15) is 9.59 Å². The molecule has 2 amide bonds. The number of nitrogens with one attached hydrogen (secondary N) is 1. The Kier molecular flexibility index (Phi) is 7.50. The van der Waals surface area contributed by atoms with Crippen molar-refractivity contribution in [3.8, 4) is 0 Å². The molecule has 0 saturated carbocycles. The number of para-hydroxylation sites is 1. The summed E-state index contributed by atoms with van der Waals surface area (Å²) in [6.07, 6.45) is 4.59. The molecule has 4 rings (SSSR count). The summed E-state index contributed by atoms with van der Waals surface area (Å²) in [5.41, 5.74) is 2.95. The molecule has 1 fully saturated rings. The number of carbonyl (C=O) groups excluding carboxylic acids is 2. The normalized spacial score (nSPS) is 20.5. The molecule has 0 spiro atoms. The first-order valence-electron chi connectivity index (χ1n) is 11.6. The average Bonchev–Trinajstić information content (AvgIpc) is 3.33. The average molecular weight is 436 g/mol. The van der Waals surface area contributed by atoms with E-state index in [1.165, 1.54) is 0 Å². The minimum Gasteiger partial charge on any atom is -0.336 e. The summed E-state index contributed by atoms with van der Waals surface area (Å²) in [5, 5.41) is 3.35. The number of nitrogens with zero attached hydrogens (tertiary/aromatic N) is 4. The Morgan fingerprint density at radius 2 is 1.88 bits per heavy atom. The number of rotatable bonds is 3. The predicted octanol–water partition coefficient (Wildman–Crippen LogP) is 2.42. The van der Waals surface area contributed by atoms with E-state index in [-0.39, 0.29) is 17.9 Å². The van der Waals surface area contributed by atoms with Gasteiger partial charge in [-0.2, -0.15) is 0 Å².